The lowest BCUT2D eigenvalue weighted by atomic mass is 10.3. The Balaban J connectivity index is 0.00000180. The van der Waals surface area contributed by atoms with Crippen molar-refractivity contribution in [2.75, 3.05) is 0 Å². The lowest BCUT2D eigenvalue weighted by molar-refractivity contribution is -0.142. The number of furan rings is 1. The van der Waals surface area contributed by atoms with Crippen LogP contribution in [-0.2, 0) is 19.6 Å². The van der Waals surface area contributed by atoms with Gasteiger partial charge >= 0.3 is 6.18 Å². The molecule has 0 aliphatic heterocycles. The van der Waals surface area contributed by atoms with Gasteiger partial charge in [0, 0.05) is 18.3 Å². The second-order valence-corrected chi connectivity index (χ2v) is 3.84. The molecule has 19 heavy (non-hydrogen) atoms. The number of hydrogen-bond acceptors (Lipinski definition) is 3. The maximum Gasteiger partial charge on any atom is 0.408 e. The molecule has 8 heteroatoms. The summed E-state index contributed by atoms with van der Waals surface area (Å²) in [6.45, 7) is -0.0960. The van der Waals surface area contributed by atoms with Crippen LogP contribution in [0.1, 0.15) is 11.3 Å². The van der Waals surface area contributed by atoms with E-state index in [4.69, 9.17) is 4.42 Å². The van der Waals surface area contributed by atoms with E-state index in [1.165, 1.54) is 12.4 Å². The highest BCUT2D eigenvalue weighted by atomic mass is 35.5. The Labute approximate surface area is 114 Å². The Kier molecular flexibility index (Phi) is 5.44. The van der Waals surface area contributed by atoms with Crippen molar-refractivity contribution in [2.24, 2.45) is 0 Å². The quantitative estimate of drug-likeness (QED) is 0.922. The van der Waals surface area contributed by atoms with Gasteiger partial charge < -0.3 is 9.73 Å². The van der Waals surface area contributed by atoms with Crippen LogP contribution in [0.4, 0.5) is 13.2 Å². The molecule has 2 aromatic rings. The van der Waals surface area contributed by atoms with E-state index in [-0.39, 0.29) is 12.4 Å². The van der Waals surface area contributed by atoms with Gasteiger partial charge in [-0.25, -0.2) is 0 Å². The maximum absolute atomic E-state index is 12.1. The minimum absolute atomic E-state index is 0. The summed E-state index contributed by atoms with van der Waals surface area (Å²) in [5.41, 5.74) is 0.700. The topological polar surface area (TPSA) is 43.0 Å². The first-order valence-electron chi connectivity index (χ1n) is 5.34. The highest BCUT2D eigenvalue weighted by molar-refractivity contribution is 5.85. The van der Waals surface area contributed by atoms with Crippen LogP contribution in [0.15, 0.2) is 35.2 Å². The zero-order valence-corrected chi connectivity index (χ0v) is 10.7. The van der Waals surface area contributed by atoms with E-state index >= 15 is 0 Å². The molecule has 0 radical (unpaired) electrons. The Morgan fingerprint density at radius 3 is 2.74 bits per heavy atom. The van der Waals surface area contributed by atoms with Gasteiger partial charge in [0.1, 0.15) is 12.3 Å². The maximum atomic E-state index is 12.1. The van der Waals surface area contributed by atoms with E-state index < -0.39 is 12.7 Å². The van der Waals surface area contributed by atoms with E-state index in [0.717, 1.165) is 10.4 Å². The molecule has 0 bridgehead atoms. The first-order chi connectivity index (χ1) is 8.53. The molecule has 0 saturated heterocycles. The molecule has 0 aromatic carbocycles. The minimum Gasteiger partial charge on any atom is -0.468 e. The standard InChI is InChI=1S/C11H12F3N3O.ClH/c12-11(13,14)8-17-7-9(5-16-17)4-15-6-10-2-1-3-18-10;/h1-3,5,7,15H,4,6,8H2;1H. The molecule has 2 rings (SSSR count). The monoisotopic (exact) mass is 295 g/mol. The number of aromatic nitrogens is 2. The minimum atomic E-state index is -4.25. The van der Waals surface area contributed by atoms with Crippen molar-refractivity contribution in [1.82, 2.24) is 15.1 Å². The molecule has 0 amide bonds. The number of hydrogen-bond donors (Lipinski definition) is 1. The lowest BCUT2D eigenvalue weighted by Gasteiger charge is -2.05. The molecule has 0 spiro atoms. The Hall–Kier alpha value is -1.47. The zero-order valence-electron chi connectivity index (χ0n) is 9.85. The van der Waals surface area contributed by atoms with Gasteiger partial charge in [-0.1, -0.05) is 0 Å². The second-order valence-electron chi connectivity index (χ2n) is 3.84. The largest absolute Gasteiger partial charge is 0.468 e. The normalized spacial score (nSPS) is 11.3. The van der Waals surface area contributed by atoms with Gasteiger partial charge in [-0.05, 0) is 12.1 Å². The Bertz CT molecular complexity index is 482. The van der Waals surface area contributed by atoms with Crippen LogP contribution in [0.5, 0.6) is 0 Å². The third-order valence-electron chi connectivity index (χ3n) is 2.24. The fourth-order valence-electron chi connectivity index (χ4n) is 1.51. The fraction of sp³-hybridized carbons (Fsp3) is 0.364. The second kappa shape index (κ2) is 6.63. The molecular formula is C11H13ClF3N3O. The predicted octanol–water partition coefficient (Wildman–Crippen LogP) is 2.75. The third kappa shape index (κ3) is 5.35. The molecule has 1 N–H and O–H groups in total. The van der Waals surface area contributed by atoms with Crippen molar-refractivity contribution in [2.45, 2.75) is 25.8 Å². The molecular weight excluding hydrogens is 283 g/mol. The van der Waals surface area contributed by atoms with Crippen molar-refractivity contribution in [3.05, 3.63) is 42.1 Å². The summed E-state index contributed by atoms with van der Waals surface area (Å²) >= 11 is 0. The van der Waals surface area contributed by atoms with Crippen LogP contribution < -0.4 is 5.32 Å². The van der Waals surface area contributed by atoms with Crippen molar-refractivity contribution in [3.8, 4) is 0 Å². The van der Waals surface area contributed by atoms with Crippen LogP contribution in [-0.4, -0.2) is 16.0 Å². The molecule has 0 aliphatic carbocycles. The molecule has 2 heterocycles. The highest BCUT2D eigenvalue weighted by Crippen LogP contribution is 2.17. The number of rotatable bonds is 5. The molecule has 106 valence electrons. The summed E-state index contributed by atoms with van der Waals surface area (Å²) in [6, 6.07) is 3.60. The van der Waals surface area contributed by atoms with Crippen LogP contribution >= 0.6 is 12.4 Å². The van der Waals surface area contributed by atoms with Crippen LogP contribution in [0.2, 0.25) is 0 Å². The molecule has 0 aliphatic rings. The SMILES string of the molecule is Cl.FC(F)(F)Cn1cc(CNCc2ccco2)cn1. The fourth-order valence-corrected chi connectivity index (χ4v) is 1.51. The summed E-state index contributed by atoms with van der Waals surface area (Å²) < 4.78 is 42.3. The molecule has 2 aromatic heterocycles. The smallest absolute Gasteiger partial charge is 0.408 e. The van der Waals surface area contributed by atoms with Crippen molar-refractivity contribution < 1.29 is 17.6 Å². The van der Waals surface area contributed by atoms with E-state index in [2.05, 4.69) is 10.4 Å². The molecule has 0 atom stereocenters. The van der Waals surface area contributed by atoms with Gasteiger partial charge in [-0.3, -0.25) is 4.68 Å². The van der Waals surface area contributed by atoms with E-state index in [1.807, 2.05) is 6.07 Å². The van der Waals surface area contributed by atoms with Gasteiger partial charge in [0.15, 0.2) is 0 Å². The zero-order chi connectivity index (χ0) is 13.0. The van der Waals surface area contributed by atoms with E-state index in [0.29, 0.717) is 18.7 Å². The summed E-state index contributed by atoms with van der Waals surface area (Å²) in [5.74, 6) is 0.776. The average molecular weight is 296 g/mol. The van der Waals surface area contributed by atoms with E-state index in [1.54, 1.807) is 12.3 Å². The van der Waals surface area contributed by atoms with Gasteiger partial charge in [0.2, 0.25) is 0 Å². The van der Waals surface area contributed by atoms with Gasteiger partial charge in [0.25, 0.3) is 0 Å². The predicted molar refractivity (Wildman–Crippen MR) is 64.8 cm³/mol. The number of nitrogens with zero attached hydrogens (tertiary/aromatic N) is 2. The molecule has 4 nitrogen and oxygen atoms in total. The summed E-state index contributed by atoms with van der Waals surface area (Å²) in [5, 5.41) is 6.70. The van der Waals surface area contributed by atoms with Gasteiger partial charge in [-0.2, -0.15) is 18.3 Å². The van der Waals surface area contributed by atoms with Gasteiger partial charge in [0.05, 0.1) is 19.0 Å². The lowest BCUT2D eigenvalue weighted by Crippen LogP contribution is -2.18. The van der Waals surface area contributed by atoms with Crippen LogP contribution in [0.3, 0.4) is 0 Å². The Morgan fingerprint density at radius 1 is 1.32 bits per heavy atom. The third-order valence-corrected chi connectivity index (χ3v) is 2.24. The van der Waals surface area contributed by atoms with Crippen molar-refractivity contribution >= 4 is 12.4 Å². The average Bonchev–Trinajstić information content (AvgIpc) is 2.88. The van der Waals surface area contributed by atoms with Gasteiger partial charge in [-0.15, -0.1) is 12.4 Å². The molecule has 0 fully saturated rings. The van der Waals surface area contributed by atoms with Crippen molar-refractivity contribution in [1.29, 1.82) is 0 Å². The highest BCUT2D eigenvalue weighted by Gasteiger charge is 2.28. The first-order valence-corrected chi connectivity index (χ1v) is 5.34. The van der Waals surface area contributed by atoms with Crippen LogP contribution in [0, 0.1) is 0 Å². The number of alkyl halides is 3. The summed E-state index contributed by atoms with van der Waals surface area (Å²) in [7, 11) is 0. The molecule has 0 saturated carbocycles. The Morgan fingerprint density at radius 2 is 2.11 bits per heavy atom. The van der Waals surface area contributed by atoms with Crippen molar-refractivity contribution in [3.63, 3.8) is 0 Å². The molecule has 0 unspecified atom stereocenters. The number of halogens is 4. The summed E-state index contributed by atoms with van der Waals surface area (Å²) in [6.07, 6.45) is 0.118. The van der Waals surface area contributed by atoms with Crippen LogP contribution in [0.25, 0.3) is 0 Å². The number of nitrogens with one attached hydrogen (secondary N) is 1. The van der Waals surface area contributed by atoms with E-state index in [9.17, 15) is 13.2 Å². The summed E-state index contributed by atoms with van der Waals surface area (Å²) in [4.78, 5) is 0. The first kappa shape index (κ1) is 15.6.